The third-order valence-electron chi connectivity index (χ3n) is 2.12. The summed E-state index contributed by atoms with van der Waals surface area (Å²) >= 11 is 11.5. The van der Waals surface area contributed by atoms with Gasteiger partial charge < -0.3 is 0 Å². The molecule has 0 N–H and O–H groups in total. The van der Waals surface area contributed by atoms with Crippen LogP contribution in [0.2, 0.25) is 10.0 Å². The first-order chi connectivity index (χ1) is 7.00. The molecule has 0 spiro atoms. The largest absolute Gasteiger partial charge is 0.243 e. The van der Waals surface area contributed by atoms with Gasteiger partial charge in [0.15, 0.2) is 0 Å². The van der Waals surface area contributed by atoms with Crippen molar-refractivity contribution < 1.29 is 8.42 Å². The zero-order valence-corrected chi connectivity index (χ0v) is 9.98. The van der Waals surface area contributed by atoms with Crippen LogP contribution in [-0.2, 0) is 10.0 Å². The number of benzene rings is 1. The number of halogens is 2. The Morgan fingerprint density at radius 1 is 1.13 bits per heavy atom. The topological polar surface area (TPSA) is 37.4 Å². The second-order valence-electron chi connectivity index (χ2n) is 3.19. The Morgan fingerprint density at radius 3 is 2.07 bits per heavy atom. The van der Waals surface area contributed by atoms with Gasteiger partial charge in [-0.15, -0.1) is 0 Å². The molecule has 0 aromatic heterocycles. The van der Waals surface area contributed by atoms with E-state index in [1.54, 1.807) is 6.54 Å². The lowest BCUT2D eigenvalue weighted by Gasteiger charge is -2.29. The first kappa shape index (κ1) is 11.2. The maximum Gasteiger partial charge on any atom is 0.243 e. The fourth-order valence-corrected chi connectivity index (χ4v) is 3.39. The molecule has 0 unspecified atom stereocenters. The van der Waals surface area contributed by atoms with Crippen molar-refractivity contribution in [2.45, 2.75) is 11.3 Å². The highest BCUT2D eigenvalue weighted by molar-refractivity contribution is 7.89. The van der Waals surface area contributed by atoms with E-state index in [0.717, 1.165) is 6.42 Å². The zero-order chi connectivity index (χ0) is 11.1. The van der Waals surface area contributed by atoms with Crippen molar-refractivity contribution in [3.8, 4) is 0 Å². The predicted molar refractivity (Wildman–Crippen MR) is 59.3 cm³/mol. The van der Waals surface area contributed by atoms with Crippen molar-refractivity contribution in [2.75, 3.05) is 6.54 Å². The molecule has 0 aliphatic carbocycles. The van der Waals surface area contributed by atoms with Crippen LogP contribution in [0, 0.1) is 6.54 Å². The van der Waals surface area contributed by atoms with Gasteiger partial charge in [-0.25, -0.2) is 8.42 Å². The van der Waals surface area contributed by atoms with Crippen molar-refractivity contribution in [2.24, 2.45) is 0 Å². The average molecular weight is 265 g/mol. The highest BCUT2D eigenvalue weighted by Crippen LogP contribution is 2.28. The van der Waals surface area contributed by atoms with E-state index in [1.807, 2.05) is 0 Å². The van der Waals surface area contributed by atoms with Gasteiger partial charge in [0.1, 0.15) is 0 Å². The molecule has 0 bridgehead atoms. The van der Waals surface area contributed by atoms with Crippen LogP contribution in [0.4, 0.5) is 0 Å². The van der Waals surface area contributed by atoms with E-state index in [2.05, 4.69) is 0 Å². The van der Waals surface area contributed by atoms with Crippen LogP contribution in [0.3, 0.4) is 0 Å². The van der Waals surface area contributed by atoms with Crippen LogP contribution in [0.1, 0.15) is 6.42 Å². The molecule has 1 aromatic carbocycles. The van der Waals surface area contributed by atoms with Crippen molar-refractivity contribution in [3.63, 3.8) is 0 Å². The molecule has 1 radical (unpaired) electrons. The van der Waals surface area contributed by atoms with E-state index in [-0.39, 0.29) is 4.90 Å². The Bertz CT molecular complexity index is 463. The normalized spacial score (nSPS) is 17.5. The van der Waals surface area contributed by atoms with Gasteiger partial charge in [-0.3, -0.25) is 0 Å². The van der Waals surface area contributed by atoms with E-state index in [0.29, 0.717) is 16.6 Å². The molecule has 6 heteroatoms. The van der Waals surface area contributed by atoms with Crippen molar-refractivity contribution in [1.29, 1.82) is 0 Å². The van der Waals surface area contributed by atoms with E-state index >= 15 is 0 Å². The zero-order valence-electron chi connectivity index (χ0n) is 7.65. The lowest BCUT2D eigenvalue weighted by Crippen LogP contribution is -2.37. The molecule has 2 rings (SSSR count). The second-order valence-corrected chi connectivity index (χ2v) is 5.96. The van der Waals surface area contributed by atoms with Gasteiger partial charge in [-0.05, 0) is 24.6 Å². The van der Waals surface area contributed by atoms with Crippen molar-refractivity contribution >= 4 is 33.2 Å². The average Bonchev–Trinajstić information content (AvgIpc) is 1.97. The molecule has 1 heterocycles. The quantitative estimate of drug-likeness (QED) is 0.824. The second kappa shape index (κ2) is 3.94. The first-order valence-electron chi connectivity index (χ1n) is 4.31. The molecule has 1 aromatic rings. The number of hydrogen-bond acceptors (Lipinski definition) is 2. The van der Waals surface area contributed by atoms with Crippen molar-refractivity contribution in [3.05, 3.63) is 34.8 Å². The standard InChI is InChI=1S/C9H8Cl2NO2S/c10-7-4-8(11)6-9(5-7)15(13,14)12-2-1-3-12/h2,4-6H,1,3H2. The summed E-state index contributed by atoms with van der Waals surface area (Å²) in [5.74, 6) is 0. The summed E-state index contributed by atoms with van der Waals surface area (Å²) in [5.41, 5.74) is 0. The monoisotopic (exact) mass is 264 g/mol. The molecule has 0 atom stereocenters. The Hall–Kier alpha value is -0.290. The van der Waals surface area contributed by atoms with Gasteiger partial charge in [0, 0.05) is 23.1 Å². The predicted octanol–water partition coefficient (Wildman–Crippen LogP) is 2.55. The number of nitrogens with zero attached hydrogens (tertiary/aromatic N) is 1. The fraction of sp³-hybridized carbons (Fsp3) is 0.222. The van der Waals surface area contributed by atoms with Gasteiger partial charge in [-0.2, -0.15) is 4.31 Å². The molecule has 1 saturated heterocycles. The maximum absolute atomic E-state index is 11.9. The number of rotatable bonds is 2. The van der Waals surface area contributed by atoms with Crippen LogP contribution in [0.25, 0.3) is 0 Å². The van der Waals surface area contributed by atoms with Crippen molar-refractivity contribution in [1.82, 2.24) is 4.31 Å². The maximum atomic E-state index is 11.9. The molecular formula is C9H8Cl2NO2S. The minimum absolute atomic E-state index is 0.135. The summed E-state index contributed by atoms with van der Waals surface area (Å²) < 4.78 is 25.1. The minimum Gasteiger partial charge on any atom is -0.207 e. The summed E-state index contributed by atoms with van der Waals surface area (Å²) in [6, 6.07) is 4.30. The molecular weight excluding hydrogens is 257 g/mol. The van der Waals surface area contributed by atoms with Crippen LogP contribution < -0.4 is 0 Å². The molecule has 1 aliphatic heterocycles. The summed E-state index contributed by atoms with van der Waals surface area (Å²) in [4.78, 5) is 0.135. The van der Waals surface area contributed by atoms with Crippen LogP contribution in [-0.4, -0.2) is 19.3 Å². The molecule has 15 heavy (non-hydrogen) atoms. The van der Waals surface area contributed by atoms with Gasteiger partial charge in [-0.1, -0.05) is 23.2 Å². The summed E-state index contributed by atoms with van der Waals surface area (Å²) in [6.07, 6.45) is 0.785. The fourth-order valence-electron chi connectivity index (χ4n) is 1.27. The Balaban J connectivity index is 2.44. The highest BCUT2D eigenvalue weighted by Gasteiger charge is 2.30. The molecule has 0 saturated carbocycles. The molecule has 1 fully saturated rings. The molecule has 1 aliphatic rings. The third kappa shape index (κ3) is 2.13. The first-order valence-corrected chi connectivity index (χ1v) is 6.51. The smallest absolute Gasteiger partial charge is 0.207 e. The van der Waals surface area contributed by atoms with Crippen LogP contribution in [0.5, 0.6) is 0 Å². The lowest BCUT2D eigenvalue weighted by molar-refractivity contribution is 0.379. The number of hydrogen-bond donors (Lipinski definition) is 0. The van der Waals surface area contributed by atoms with Gasteiger partial charge in [0.25, 0.3) is 0 Å². The van der Waals surface area contributed by atoms with Gasteiger partial charge >= 0.3 is 0 Å². The van der Waals surface area contributed by atoms with E-state index in [1.165, 1.54) is 22.5 Å². The van der Waals surface area contributed by atoms with E-state index in [4.69, 9.17) is 23.2 Å². The highest BCUT2D eigenvalue weighted by atomic mass is 35.5. The van der Waals surface area contributed by atoms with Crippen LogP contribution in [0.15, 0.2) is 23.1 Å². The molecule has 3 nitrogen and oxygen atoms in total. The summed E-state index contributed by atoms with van der Waals surface area (Å²) in [6.45, 7) is 2.15. The summed E-state index contributed by atoms with van der Waals surface area (Å²) in [5, 5.41) is 0.642. The molecule has 81 valence electrons. The number of sulfonamides is 1. The Kier molecular flexibility index (Phi) is 2.94. The Morgan fingerprint density at radius 2 is 1.67 bits per heavy atom. The SMILES string of the molecule is O=S(=O)(c1cc(Cl)cc(Cl)c1)N1[CH]CC1. The van der Waals surface area contributed by atoms with E-state index < -0.39 is 10.0 Å². The molecule has 0 amide bonds. The van der Waals surface area contributed by atoms with Crippen LogP contribution >= 0.6 is 23.2 Å². The summed E-state index contributed by atoms with van der Waals surface area (Å²) in [7, 11) is -3.44. The minimum atomic E-state index is -3.44. The lowest BCUT2D eigenvalue weighted by atomic mass is 10.3. The van der Waals surface area contributed by atoms with Gasteiger partial charge in [0.05, 0.1) is 4.90 Å². The Labute approximate surface area is 98.6 Å². The van der Waals surface area contributed by atoms with Gasteiger partial charge in [0.2, 0.25) is 10.0 Å². The third-order valence-corrected chi connectivity index (χ3v) is 4.34. The van der Waals surface area contributed by atoms with E-state index in [9.17, 15) is 8.42 Å².